The molecule has 1 saturated carbocycles. The van der Waals surface area contributed by atoms with E-state index in [9.17, 15) is 5.11 Å². The number of hydrogen-bond donors (Lipinski definition) is 2. The summed E-state index contributed by atoms with van der Waals surface area (Å²) in [6.45, 7) is 3.89. The molecule has 0 bridgehead atoms. The Labute approximate surface area is 99.2 Å². The summed E-state index contributed by atoms with van der Waals surface area (Å²) in [5.41, 5.74) is -0.00870. The molecular weight excluding hydrogens is 200 g/mol. The van der Waals surface area contributed by atoms with E-state index in [1.54, 1.807) is 0 Å². The zero-order valence-electron chi connectivity index (χ0n) is 10.7. The van der Waals surface area contributed by atoms with Crippen molar-refractivity contribution in [1.82, 2.24) is 10.2 Å². The molecule has 0 aromatic carbocycles. The van der Waals surface area contributed by atoms with Crippen LogP contribution in [0.4, 0.5) is 0 Å². The van der Waals surface area contributed by atoms with E-state index in [0.29, 0.717) is 6.04 Å². The number of hydrogen-bond acceptors (Lipinski definition) is 3. The molecular formula is C13H26N2O. The van der Waals surface area contributed by atoms with Gasteiger partial charge in [-0.05, 0) is 59.0 Å². The molecule has 3 unspecified atom stereocenters. The molecule has 1 heterocycles. The first-order valence-electron chi connectivity index (χ1n) is 6.76. The van der Waals surface area contributed by atoms with Crippen molar-refractivity contribution < 1.29 is 5.11 Å². The van der Waals surface area contributed by atoms with Gasteiger partial charge in [-0.15, -0.1) is 0 Å². The van der Waals surface area contributed by atoms with Crippen LogP contribution >= 0.6 is 0 Å². The van der Waals surface area contributed by atoms with Gasteiger partial charge in [0.2, 0.25) is 0 Å². The summed E-state index contributed by atoms with van der Waals surface area (Å²) >= 11 is 0. The highest BCUT2D eigenvalue weighted by atomic mass is 16.3. The van der Waals surface area contributed by atoms with Crippen molar-refractivity contribution >= 4 is 0 Å². The minimum atomic E-state index is -0.00870. The van der Waals surface area contributed by atoms with Gasteiger partial charge in [-0.1, -0.05) is 0 Å². The lowest BCUT2D eigenvalue weighted by molar-refractivity contribution is 0.0608. The SMILES string of the molecule is CNC1(CO)CCCC(N2CCCC2C)C1. The third kappa shape index (κ3) is 2.27. The fourth-order valence-corrected chi connectivity index (χ4v) is 3.56. The van der Waals surface area contributed by atoms with Crippen molar-refractivity contribution in [3.05, 3.63) is 0 Å². The molecule has 1 saturated heterocycles. The van der Waals surface area contributed by atoms with Gasteiger partial charge in [0, 0.05) is 17.6 Å². The zero-order valence-corrected chi connectivity index (χ0v) is 10.7. The van der Waals surface area contributed by atoms with E-state index in [1.165, 1.54) is 32.2 Å². The van der Waals surface area contributed by atoms with Crippen LogP contribution in [-0.4, -0.2) is 47.8 Å². The van der Waals surface area contributed by atoms with Crippen molar-refractivity contribution in [2.24, 2.45) is 0 Å². The Morgan fingerprint density at radius 1 is 1.38 bits per heavy atom. The number of likely N-dealkylation sites (N-methyl/N-ethyl adjacent to an activating group) is 1. The maximum atomic E-state index is 9.59. The highest BCUT2D eigenvalue weighted by Gasteiger charge is 2.38. The second-order valence-corrected chi connectivity index (χ2v) is 5.67. The lowest BCUT2D eigenvalue weighted by atomic mass is 9.79. The average Bonchev–Trinajstić information content (AvgIpc) is 2.75. The highest BCUT2D eigenvalue weighted by molar-refractivity contribution is 4.97. The van der Waals surface area contributed by atoms with Gasteiger partial charge < -0.3 is 10.4 Å². The molecule has 1 aliphatic heterocycles. The summed E-state index contributed by atoms with van der Waals surface area (Å²) < 4.78 is 0. The summed E-state index contributed by atoms with van der Waals surface area (Å²) in [6, 6.07) is 1.43. The molecule has 2 fully saturated rings. The smallest absolute Gasteiger partial charge is 0.0613 e. The predicted octanol–water partition coefficient (Wildman–Crippen LogP) is 1.36. The minimum absolute atomic E-state index is 0.00870. The number of likely N-dealkylation sites (tertiary alicyclic amines) is 1. The maximum absolute atomic E-state index is 9.59. The van der Waals surface area contributed by atoms with E-state index >= 15 is 0 Å². The number of nitrogens with one attached hydrogen (secondary N) is 1. The first-order chi connectivity index (χ1) is 7.71. The van der Waals surface area contributed by atoms with Gasteiger partial charge in [-0.3, -0.25) is 4.90 Å². The topological polar surface area (TPSA) is 35.5 Å². The Morgan fingerprint density at radius 3 is 2.75 bits per heavy atom. The molecule has 3 nitrogen and oxygen atoms in total. The number of rotatable bonds is 3. The Kier molecular flexibility index (Phi) is 3.88. The van der Waals surface area contributed by atoms with Gasteiger partial charge in [-0.2, -0.15) is 0 Å². The normalized spacial score (nSPS) is 41.4. The molecule has 0 amide bonds. The third-order valence-electron chi connectivity index (χ3n) is 4.73. The van der Waals surface area contributed by atoms with E-state index in [2.05, 4.69) is 17.1 Å². The first kappa shape index (κ1) is 12.3. The van der Waals surface area contributed by atoms with E-state index in [0.717, 1.165) is 18.9 Å². The van der Waals surface area contributed by atoms with Gasteiger partial charge in [0.15, 0.2) is 0 Å². The minimum Gasteiger partial charge on any atom is -0.394 e. The number of aliphatic hydroxyl groups is 1. The van der Waals surface area contributed by atoms with Gasteiger partial charge in [-0.25, -0.2) is 0 Å². The number of nitrogens with zero attached hydrogens (tertiary/aromatic N) is 1. The molecule has 0 aromatic heterocycles. The molecule has 0 aromatic rings. The monoisotopic (exact) mass is 226 g/mol. The molecule has 1 aliphatic carbocycles. The summed E-state index contributed by atoms with van der Waals surface area (Å²) in [4.78, 5) is 2.67. The van der Waals surface area contributed by atoms with Crippen molar-refractivity contribution in [1.29, 1.82) is 0 Å². The van der Waals surface area contributed by atoms with Crippen molar-refractivity contribution in [3.63, 3.8) is 0 Å². The van der Waals surface area contributed by atoms with Crippen LogP contribution in [0.2, 0.25) is 0 Å². The summed E-state index contributed by atoms with van der Waals surface area (Å²) in [7, 11) is 1.99. The van der Waals surface area contributed by atoms with Crippen LogP contribution < -0.4 is 5.32 Å². The molecule has 2 N–H and O–H groups in total. The number of aliphatic hydroxyl groups excluding tert-OH is 1. The van der Waals surface area contributed by atoms with Gasteiger partial charge in [0.25, 0.3) is 0 Å². The van der Waals surface area contributed by atoms with E-state index in [1.807, 2.05) is 7.05 Å². The molecule has 94 valence electrons. The quantitative estimate of drug-likeness (QED) is 0.763. The molecule has 2 rings (SSSR count). The van der Waals surface area contributed by atoms with Crippen LogP contribution in [0.25, 0.3) is 0 Å². The summed E-state index contributed by atoms with van der Waals surface area (Å²) in [5.74, 6) is 0. The highest BCUT2D eigenvalue weighted by Crippen LogP contribution is 2.34. The first-order valence-corrected chi connectivity index (χ1v) is 6.76. The fraction of sp³-hybridized carbons (Fsp3) is 1.00. The van der Waals surface area contributed by atoms with Crippen molar-refractivity contribution in [2.75, 3.05) is 20.2 Å². The molecule has 3 heteroatoms. The fourth-order valence-electron chi connectivity index (χ4n) is 3.56. The van der Waals surface area contributed by atoms with Crippen LogP contribution in [-0.2, 0) is 0 Å². The lowest BCUT2D eigenvalue weighted by Crippen LogP contribution is -2.55. The Bertz CT molecular complexity index is 228. The van der Waals surface area contributed by atoms with Crippen LogP contribution in [0.5, 0.6) is 0 Å². The zero-order chi connectivity index (χ0) is 11.6. The van der Waals surface area contributed by atoms with Gasteiger partial charge in [0.1, 0.15) is 0 Å². The van der Waals surface area contributed by atoms with Crippen LogP contribution in [0.3, 0.4) is 0 Å². The average molecular weight is 226 g/mol. The molecule has 2 aliphatic rings. The summed E-state index contributed by atoms with van der Waals surface area (Å²) in [5, 5.41) is 12.9. The lowest BCUT2D eigenvalue weighted by Gasteiger charge is -2.44. The Morgan fingerprint density at radius 2 is 2.19 bits per heavy atom. The van der Waals surface area contributed by atoms with Crippen LogP contribution in [0.1, 0.15) is 45.4 Å². The molecule has 3 atom stereocenters. The standard InChI is InChI=1S/C13H26N2O/c1-11-5-4-8-15(11)12-6-3-7-13(9-12,10-16)14-2/h11-12,14,16H,3-10H2,1-2H3. The molecule has 16 heavy (non-hydrogen) atoms. The summed E-state index contributed by atoms with van der Waals surface area (Å²) in [6.07, 6.45) is 7.50. The van der Waals surface area contributed by atoms with Gasteiger partial charge >= 0.3 is 0 Å². The second-order valence-electron chi connectivity index (χ2n) is 5.67. The van der Waals surface area contributed by atoms with Gasteiger partial charge in [0.05, 0.1) is 6.61 Å². The van der Waals surface area contributed by atoms with E-state index in [-0.39, 0.29) is 12.1 Å². The third-order valence-corrected chi connectivity index (χ3v) is 4.73. The molecule has 0 spiro atoms. The van der Waals surface area contributed by atoms with E-state index in [4.69, 9.17) is 0 Å². The second kappa shape index (κ2) is 5.03. The molecule has 0 radical (unpaired) electrons. The van der Waals surface area contributed by atoms with Crippen molar-refractivity contribution in [2.45, 2.75) is 63.1 Å². The van der Waals surface area contributed by atoms with E-state index < -0.39 is 0 Å². The largest absolute Gasteiger partial charge is 0.394 e. The van der Waals surface area contributed by atoms with Crippen LogP contribution in [0, 0.1) is 0 Å². The van der Waals surface area contributed by atoms with Crippen molar-refractivity contribution in [3.8, 4) is 0 Å². The van der Waals surface area contributed by atoms with Crippen LogP contribution in [0.15, 0.2) is 0 Å². The predicted molar refractivity (Wildman–Crippen MR) is 66.5 cm³/mol. The Balaban J connectivity index is 2.00. The Hall–Kier alpha value is -0.120. The maximum Gasteiger partial charge on any atom is 0.0613 e.